The van der Waals surface area contributed by atoms with E-state index in [4.69, 9.17) is 16.0 Å². The first kappa shape index (κ1) is 30.7. The van der Waals surface area contributed by atoms with Crippen LogP contribution < -0.4 is 15.4 Å². The summed E-state index contributed by atoms with van der Waals surface area (Å²) in [5.74, 6) is -0.708. The van der Waals surface area contributed by atoms with Gasteiger partial charge in [-0.15, -0.1) is 35.0 Å². The third-order valence-corrected chi connectivity index (χ3v) is 8.81. The van der Waals surface area contributed by atoms with Crippen LogP contribution in [-0.2, 0) is 16.6 Å². The van der Waals surface area contributed by atoms with Crippen LogP contribution in [0.3, 0.4) is 0 Å². The van der Waals surface area contributed by atoms with Crippen molar-refractivity contribution in [1.29, 1.82) is 0 Å². The summed E-state index contributed by atoms with van der Waals surface area (Å²) in [5.41, 5.74) is 3.69. The average Bonchev–Trinajstić information content (AvgIpc) is 3.33. The fourth-order valence-corrected chi connectivity index (χ4v) is 6.37. The van der Waals surface area contributed by atoms with Crippen molar-refractivity contribution in [3.8, 4) is 22.6 Å². The van der Waals surface area contributed by atoms with E-state index in [0.29, 0.717) is 49.6 Å². The van der Waals surface area contributed by atoms with Crippen molar-refractivity contribution >= 4 is 46.4 Å². The zero-order chi connectivity index (χ0) is 25.3. The van der Waals surface area contributed by atoms with E-state index in [2.05, 4.69) is 25.6 Å². The zero-order valence-electron chi connectivity index (χ0n) is 20.1. The lowest BCUT2D eigenvalue weighted by Crippen LogP contribution is -2.41. The molecule has 0 amide bonds. The minimum atomic E-state index is -3.53. The number of nitrogens with zero attached hydrogens (tertiary/aromatic N) is 2. The number of nitrogens with one attached hydrogen (secondary N) is 3. The molecule has 2 aromatic carbocycles. The van der Waals surface area contributed by atoms with Crippen molar-refractivity contribution in [3.05, 3.63) is 58.4 Å². The summed E-state index contributed by atoms with van der Waals surface area (Å²) in [6.07, 6.45) is -1.77. The van der Waals surface area contributed by atoms with Gasteiger partial charge in [0.15, 0.2) is 0 Å². The third-order valence-electron chi connectivity index (χ3n) is 6.68. The molecular formula is C24H28Cl3F2N5O3S. The SMILES string of the molecule is Cl.Cl.O=S(=O)(NCc1ccc(-c2nnc(C(F)F)o2)c(C2CNC2)c1-c1cccc(Cl)c1)C1CCNCC1. The Morgan fingerprint density at radius 2 is 1.82 bits per heavy atom. The van der Waals surface area contributed by atoms with Gasteiger partial charge in [-0.05, 0) is 66.4 Å². The molecule has 8 nitrogen and oxygen atoms in total. The van der Waals surface area contributed by atoms with Crippen LogP contribution in [-0.4, -0.2) is 50.0 Å². The number of sulfonamides is 1. The van der Waals surface area contributed by atoms with Crippen LogP contribution in [0.25, 0.3) is 22.6 Å². The van der Waals surface area contributed by atoms with Crippen LogP contribution in [0.1, 0.15) is 42.2 Å². The molecule has 3 aromatic rings. The zero-order valence-corrected chi connectivity index (χ0v) is 23.3. The monoisotopic (exact) mass is 609 g/mol. The molecule has 1 aromatic heterocycles. The van der Waals surface area contributed by atoms with Crippen LogP contribution in [0.15, 0.2) is 40.8 Å². The first-order valence-corrected chi connectivity index (χ1v) is 13.7. The lowest BCUT2D eigenvalue weighted by molar-refractivity contribution is 0.116. The Balaban J connectivity index is 0.00000200. The number of hydrogen-bond donors (Lipinski definition) is 3. The van der Waals surface area contributed by atoms with Gasteiger partial charge in [0.05, 0.1) is 5.25 Å². The number of aromatic nitrogens is 2. The van der Waals surface area contributed by atoms with Crippen LogP contribution in [0.5, 0.6) is 0 Å². The first-order chi connectivity index (χ1) is 17.3. The maximum atomic E-state index is 13.2. The van der Waals surface area contributed by atoms with E-state index >= 15 is 0 Å². The summed E-state index contributed by atoms with van der Waals surface area (Å²) >= 11 is 6.32. The predicted octanol–water partition coefficient (Wildman–Crippen LogP) is 4.70. The topological polar surface area (TPSA) is 109 Å². The van der Waals surface area contributed by atoms with Crippen LogP contribution in [0, 0.1) is 0 Å². The molecule has 0 bridgehead atoms. The molecule has 2 aliphatic heterocycles. The maximum Gasteiger partial charge on any atom is 0.314 e. The van der Waals surface area contributed by atoms with Crippen LogP contribution in [0.4, 0.5) is 8.78 Å². The van der Waals surface area contributed by atoms with E-state index in [1.165, 1.54) is 0 Å². The molecule has 2 aliphatic rings. The quantitative estimate of drug-likeness (QED) is 0.339. The molecule has 208 valence electrons. The summed E-state index contributed by atoms with van der Waals surface area (Å²) in [4.78, 5) is 0. The van der Waals surface area contributed by atoms with Crippen molar-refractivity contribution in [2.45, 2.75) is 37.0 Å². The highest BCUT2D eigenvalue weighted by Gasteiger charge is 2.31. The number of benzene rings is 2. The van der Waals surface area contributed by atoms with Crippen molar-refractivity contribution in [2.75, 3.05) is 26.2 Å². The number of alkyl halides is 2. The summed E-state index contributed by atoms with van der Waals surface area (Å²) in [7, 11) is -3.53. The molecule has 2 saturated heterocycles. The molecular weight excluding hydrogens is 583 g/mol. The van der Waals surface area contributed by atoms with E-state index in [0.717, 1.165) is 22.3 Å². The molecule has 0 aliphatic carbocycles. The fraction of sp³-hybridized carbons (Fsp3) is 0.417. The van der Waals surface area contributed by atoms with Crippen molar-refractivity contribution in [1.82, 2.24) is 25.6 Å². The fourth-order valence-electron chi connectivity index (χ4n) is 4.73. The van der Waals surface area contributed by atoms with Crippen LogP contribution >= 0.6 is 36.4 Å². The Morgan fingerprint density at radius 1 is 1.08 bits per heavy atom. The summed E-state index contributed by atoms with van der Waals surface area (Å²) in [5, 5.41) is 13.9. The van der Waals surface area contributed by atoms with E-state index in [1.807, 2.05) is 12.1 Å². The number of piperidine rings is 1. The van der Waals surface area contributed by atoms with Gasteiger partial charge in [-0.3, -0.25) is 0 Å². The van der Waals surface area contributed by atoms with Gasteiger partial charge in [-0.2, -0.15) is 8.78 Å². The first-order valence-electron chi connectivity index (χ1n) is 11.8. The van der Waals surface area contributed by atoms with E-state index < -0.39 is 27.6 Å². The molecule has 0 saturated carbocycles. The van der Waals surface area contributed by atoms with E-state index in [-0.39, 0.29) is 43.2 Å². The smallest absolute Gasteiger partial charge is 0.314 e. The summed E-state index contributed by atoms with van der Waals surface area (Å²) < 4.78 is 60.5. The molecule has 2 fully saturated rings. The molecule has 38 heavy (non-hydrogen) atoms. The van der Waals surface area contributed by atoms with Gasteiger partial charge in [0.2, 0.25) is 15.9 Å². The second kappa shape index (κ2) is 13.0. The standard InChI is InChI=1S/C24H26ClF2N5O3S.2ClH/c25-17-3-1-2-14(10-17)20-15(13-30-36(33,34)18-6-8-28-9-7-18)4-5-19(21(20)16-11-29-12-16)23-31-32-24(35-23)22(26)27;;/h1-5,10,16,18,22,28-30H,6-9,11-13H2;2*1H. The Labute approximate surface area is 237 Å². The minimum absolute atomic E-state index is 0. The van der Waals surface area contributed by atoms with Gasteiger partial charge >= 0.3 is 6.43 Å². The van der Waals surface area contributed by atoms with Gasteiger partial charge in [-0.1, -0.05) is 29.8 Å². The highest BCUT2D eigenvalue weighted by Crippen LogP contribution is 2.41. The average molecular weight is 611 g/mol. The minimum Gasteiger partial charge on any atom is -0.415 e. The molecule has 0 unspecified atom stereocenters. The van der Waals surface area contributed by atoms with Gasteiger partial charge in [0.1, 0.15) is 0 Å². The molecule has 0 radical (unpaired) electrons. The third kappa shape index (κ3) is 6.47. The lowest BCUT2D eigenvalue weighted by Gasteiger charge is -2.32. The van der Waals surface area contributed by atoms with Gasteiger partial charge in [-0.25, -0.2) is 13.1 Å². The van der Waals surface area contributed by atoms with Crippen molar-refractivity contribution in [3.63, 3.8) is 0 Å². The molecule has 3 heterocycles. The lowest BCUT2D eigenvalue weighted by atomic mass is 9.81. The normalized spacial score (nSPS) is 16.5. The highest BCUT2D eigenvalue weighted by atomic mass is 35.5. The Bertz CT molecular complexity index is 1350. The molecule has 0 spiro atoms. The Kier molecular flexibility index (Phi) is 10.5. The maximum absolute atomic E-state index is 13.2. The van der Waals surface area contributed by atoms with Gasteiger partial charge in [0.25, 0.3) is 5.89 Å². The van der Waals surface area contributed by atoms with Crippen molar-refractivity contribution < 1.29 is 21.6 Å². The number of halogens is 5. The molecule has 5 rings (SSSR count). The van der Waals surface area contributed by atoms with Gasteiger partial charge < -0.3 is 15.1 Å². The Morgan fingerprint density at radius 3 is 2.42 bits per heavy atom. The number of hydrogen-bond acceptors (Lipinski definition) is 7. The number of rotatable bonds is 8. The molecule has 14 heteroatoms. The molecule has 0 atom stereocenters. The van der Waals surface area contributed by atoms with E-state index in [9.17, 15) is 17.2 Å². The highest BCUT2D eigenvalue weighted by molar-refractivity contribution is 7.90. The van der Waals surface area contributed by atoms with Crippen molar-refractivity contribution in [2.24, 2.45) is 0 Å². The molecule has 3 N–H and O–H groups in total. The summed E-state index contributed by atoms with van der Waals surface area (Å²) in [6, 6.07) is 10.8. The largest absolute Gasteiger partial charge is 0.415 e. The predicted molar refractivity (Wildman–Crippen MR) is 147 cm³/mol. The second-order valence-corrected chi connectivity index (χ2v) is 11.5. The van der Waals surface area contributed by atoms with Crippen LogP contribution in [0.2, 0.25) is 5.02 Å². The van der Waals surface area contributed by atoms with Gasteiger partial charge in [0, 0.05) is 36.1 Å². The van der Waals surface area contributed by atoms with E-state index in [1.54, 1.807) is 24.3 Å². The second-order valence-electron chi connectivity index (χ2n) is 8.99. The summed E-state index contributed by atoms with van der Waals surface area (Å²) in [6.45, 7) is 2.74. The Hall–Kier alpha value is -1.86.